The number of sulfonamides is 1. The highest BCUT2D eigenvalue weighted by Crippen LogP contribution is 2.34. The largest absolute Gasteiger partial charge is 0.409 e. The van der Waals surface area contributed by atoms with Gasteiger partial charge in [-0.05, 0) is 13.0 Å². The third-order valence-corrected chi connectivity index (χ3v) is 5.10. The van der Waals surface area contributed by atoms with E-state index in [2.05, 4.69) is 9.88 Å². The standard InChI is InChI=1S/C7H9Cl2N3O3S2/c1-3(7(10)11-13)12-17(14,15)4-2-5(8)16-6(4)9/h2-3,12-13H,1H3,(H2,10,11). The van der Waals surface area contributed by atoms with Crippen molar-refractivity contribution >= 4 is 50.4 Å². The maximum Gasteiger partial charge on any atom is 0.243 e. The van der Waals surface area contributed by atoms with Crippen LogP contribution in [0.4, 0.5) is 0 Å². The molecule has 0 saturated heterocycles. The molecule has 1 unspecified atom stereocenters. The molecule has 1 aromatic rings. The van der Waals surface area contributed by atoms with Crippen LogP contribution in [0.15, 0.2) is 16.1 Å². The molecule has 0 aliphatic rings. The Kier molecular flexibility index (Phi) is 4.62. The topological polar surface area (TPSA) is 105 Å². The van der Waals surface area contributed by atoms with Gasteiger partial charge in [-0.15, -0.1) is 11.3 Å². The van der Waals surface area contributed by atoms with Crippen LogP contribution in [-0.2, 0) is 10.0 Å². The number of hydrogen-bond donors (Lipinski definition) is 3. The zero-order valence-electron chi connectivity index (χ0n) is 8.52. The molecule has 1 rings (SSSR count). The van der Waals surface area contributed by atoms with Crippen LogP contribution in [0.5, 0.6) is 0 Å². The van der Waals surface area contributed by atoms with Gasteiger partial charge in [-0.25, -0.2) is 13.1 Å². The fourth-order valence-electron chi connectivity index (χ4n) is 0.952. The number of oxime groups is 1. The van der Waals surface area contributed by atoms with Crippen molar-refractivity contribution in [2.45, 2.75) is 17.9 Å². The first-order valence-electron chi connectivity index (χ1n) is 4.22. The summed E-state index contributed by atoms with van der Waals surface area (Å²) in [4.78, 5) is -0.133. The van der Waals surface area contributed by atoms with Crippen molar-refractivity contribution in [3.63, 3.8) is 0 Å². The molecule has 0 bridgehead atoms. The third-order valence-electron chi connectivity index (χ3n) is 1.81. The highest BCUT2D eigenvalue weighted by Gasteiger charge is 2.24. The van der Waals surface area contributed by atoms with Crippen LogP contribution in [0.3, 0.4) is 0 Å². The number of nitrogens with zero attached hydrogens (tertiary/aromatic N) is 1. The number of thiophene rings is 1. The van der Waals surface area contributed by atoms with Crippen LogP contribution in [0.2, 0.25) is 8.67 Å². The van der Waals surface area contributed by atoms with Crippen LogP contribution < -0.4 is 10.5 Å². The average Bonchev–Trinajstić information content (AvgIpc) is 2.56. The van der Waals surface area contributed by atoms with Crippen molar-refractivity contribution in [3.05, 3.63) is 14.7 Å². The zero-order chi connectivity index (χ0) is 13.2. The maximum absolute atomic E-state index is 11.9. The van der Waals surface area contributed by atoms with Gasteiger partial charge >= 0.3 is 0 Å². The van der Waals surface area contributed by atoms with E-state index in [1.54, 1.807) is 0 Å². The van der Waals surface area contributed by atoms with Gasteiger partial charge in [-0.1, -0.05) is 28.4 Å². The van der Waals surface area contributed by atoms with E-state index in [4.69, 9.17) is 34.1 Å². The molecule has 1 aromatic heterocycles. The summed E-state index contributed by atoms with van der Waals surface area (Å²) in [6, 6.07) is 0.371. The fraction of sp³-hybridized carbons (Fsp3) is 0.286. The second-order valence-corrected chi connectivity index (χ2v) is 7.02. The minimum absolute atomic E-state index is 0.0502. The molecule has 0 aromatic carbocycles. The molecule has 0 saturated carbocycles. The summed E-state index contributed by atoms with van der Waals surface area (Å²) in [5.74, 6) is -0.258. The number of nitrogens with one attached hydrogen (secondary N) is 1. The molecule has 1 atom stereocenters. The molecule has 96 valence electrons. The molecule has 0 spiro atoms. The SMILES string of the molecule is CC(NS(=O)(=O)c1cc(Cl)sc1Cl)/C(N)=N/O. The van der Waals surface area contributed by atoms with Crippen molar-refractivity contribution in [1.29, 1.82) is 0 Å². The van der Waals surface area contributed by atoms with E-state index in [9.17, 15) is 8.42 Å². The molecule has 0 aliphatic heterocycles. The monoisotopic (exact) mass is 317 g/mol. The first kappa shape index (κ1) is 14.5. The molecule has 6 nitrogen and oxygen atoms in total. The smallest absolute Gasteiger partial charge is 0.243 e. The van der Waals surface area contributed by atoms with Gasteiger partial charge in [-0.3, -0.25) is 0 Å². The van der Waals surface area contributed by atoms with E-state index in [1.165, 1.54) is 13.0 Å². The van der Waals surface area contributed by atoms with Crippen LogP contribution in [0.1, 0.15) is 6.92 Å². The molecule has 10 heteroatoms. The highest BCUT2D eigenvalue weighted by atomic mass is 35.5. The van der Waals surface area contributed by atoms with Gasteiger partial charge in [0.2, 0.25) is 10.0 Å². The Labute approximate surface area is 112 Å². The second-order valence-electron chi connectivity index (χ2n) is 3.06. The van der Waals surface area contributed by atoms with Gasteiger partial charge in [0.05, 0.1) is 10.4 Å². The van der Waals surface area contributed by atoms with Crippen molar-refractivity contribution in [2.75, 3.05) is 0 Å². The van der Waals surface area contributed by atoms with Gasteiger partial charge in [-0.2, -0.15) is 0 Å². The highest BCUT2D eigenvalue weighted by molar-refractivity contribution is 7.89. The molecule has 0 aliphatic carbocycles. The minimum Gasteiger partial charge on any atom is -0.409 e. The van der Waals surface area contributed by atoms with Crippen molar-refractivity contribution in [3.8, 4) is 0 Å². The van der Waals surface area contributed by atoms with Gasteiger partial charge in [0.1, 0.15) is 9.23 Å². The van der Waals surface area contributed by atoms with Crippen LogP contribution in [0.25, 0.3) is 0 Å². The lowest BCUT2D eigenvalue weighted by Gasteiger charge is -2.11. The van der Waals surface area contributed by atoms with Gasteiger partial charge in [0.25, 0.3) is 0 Å². The average molecular weight is 318 g/mol. The van der Waals surface area contributed by atoms with E-state index in [-0.39, 0.29) is 19.4 Å². The molecular weight excluding hydrogens is 309 g/mol. The van der Waals surface area contributed by atoms with E-state index in [0.29, 0.717) is 0 Å². The Morgan fingerprint density at radius 1 is 1.65 bits per heavy atom. The summed E-state index contributed by atoms with van der Waals surface area (Å²) < 4.78 is 26.2. The van der Waals surface area contributed by atoms with Crippen LogP contribution in [-0.4, -0.2) is 25.5 Å². The Morgan fingerprint density at radius 2 is 2.24 bits per heavy atom. The van der Waals surface area contributed by atoms with E-state index in [1.807, 2.05) is 0 Å². The number of hydrogen-bond acceptors (Lipinski definition) is 5. The quantitative estimate of drug-likeness (QED) is 0.338. The summed E-state index contributed by atoms with van der Waals surface area (Å²) in [7, 11) is -3.85. The van der Waals surface area contributed by atoms with Crippen molar-refractivity contribution < 1.29 is 13.6 Å². The summed E-state index contributed by atoms with van der Waals surface area (Å²) in [5, 5.41) is 11.1. The lowest BCUT2D eigenvalue weighted by Crippen LogP contribution is -2.42. The molecule has 4 N–H and O–H groups in total. The van der Waals surface area contributed by atoms with E-state index in [0.717, 1.165) is 11.3 Å². The lowest BCUT2D eigenvalue weighted by atomic mass is 10.3. The molecule has 0 fully saturated rings. The number of nitrogens with two attached hydrogens (primary N) is 1. The van der Waals surface area contributed by atoms with Crippen LogP contribution in [0, 0.1) is 0 Å². The molecule has 1 heterocycles. The van der Waals surface area contributed by atoms with Gasteiger partial charge in [0.15, 0.2) is 5.84 Å². The number of halogens is 2. The Morgan fingerprint density at radius 3 is 2.65 bits per heavy atom. The fourth-order valence-corrected chi connectivity index (χ4v) is 4.32. The second kappa shape index (κ2) is 5.40. The predicted molar refractivity (Wildman–Crippen MR) is 67.5 cm³/mol. The Hall–Kier alpha value is -0.540. The minimum atomic E-state index is -3.85. The molecule has 17 heavy (non-hydrogen) atoms. The Balaban J connectivity index is 3.01. The lowest BCUT2D eigenvalue weighted by molar-refractivity contribution is 0.316. The van der Waals surface area contributed by atoms with Crippen molar-refractivity contribution in [1.82, 2.24) is 4.72 Å². The van der Waals surface area contributed by atoms with E-state index >= 15 is 0 Å². The van der Waals surface area contributed by atoms with Crippen LogP contribution >= 0.6 is 34.5 Å². The summed E-state index contributed by atoms with van der Waals surface area (Å²) >= 11 is 12.3. The van der Waals surface area contributed by atoms with E-state index < -0.39 is 16.1 Å². The molecule has 0 radical (unpaired) electrons. The number of rotatable bonds is 4. The number of amidine groups is 1. The third kappa shape index (κ3) is 3.46. The first-order valence-corrected chi connectivity index (χ1v) is 7.28. The summed E-state index contributed by atoms with van der Waals surface area (Å²) in [6.45, 7) is 1.43. The normalized spacial score (nSPS) is 14.9. The first-order chi connectivity index (χ1) is 7.77. The van der Waals surface area contributed by atoms with Gasteiger partial charge < -0.3 is 10.9 Å². The predicted octanol–water partition coefficient (Wildman–Crippen LogP) is 1.47. The zero-order valence-corrected chi connectivity index (χ0v) is 11.7. The summed E-state index contributed by atoms with van der Waals surface area (Å²) in [5.41, 5.74) is 5.26. The van der Waals surface area contributed by atoms with Crippen molar-refractivity contribution in [2.24, 2.45) is 10.9 Å². The summed E-state index contributed by atoms with van der Waals surface area (Å²) in [6.07, 6.45) is 0. The molecular formula is C7H9Cl2N3O3S2. The maximum atomic E-state index is 11.9. The molecule has 0 amide bonds. The Bertz CT molecular complexity index is 541. The van der Waals surface area contributed by atoms with Gasteiger partial charge in [0, 0.05) is 0 Å².